The van der Waals surface area contributed by atoms with E-state index < -0.39 is 0 Å². The van der Waals surface area contributed by atoms with Crippen molar-refractivity contribution in [2.24, 2.45) is 0 Å². The Morgan fingerprint density at radius 3 is 2.25 bits per heavy atom. The number of nitrogens with zero attached hydrogens (tertiary/aromatic N) is 1. The number of halogens is 1. The largest absolute Gasteiger partial charge is 0.372 e. The molecule has 0 amide bonds. The molecule has 2 atom stereocenters. The third kappa shape index (κ3) is 2.69. The molecule has 1 aliphatic heterocycles. The van der Waals surface area contributed by atoms with Crippen molar-refractivity contribution in [1.29, 1.82) is 0 Å². The number of hydrogen-bond donors (Lipinski definition) is 0. The molecule has 0 radical (unpaired) electrons. The van der Waals surface area contributed by atoms with E-state index in [1.54, 1.807) is 0 Å². The molecule has 0 aromatic heterocycles. The molecule has 0 unspecified atom stereocenters. The van der Waals surface area contributed by atoms with Crippen molar-refractivity contribution in [3.63, 3.8) is 0 Å². The van der Waals surface area contributed by atoms with Gasteiger partial charge in [0.05, 0.1) is 12.2 Å². The van der Waals surface area contributed by atoms with Gasteiger partial charge in [0, 0.05) is 24.7 Å². The Kier molecular flexibility index (Phi) is 3.72. The number of hydrogen-bond acceptors (Lipinski definition) is 2. The summed E-state index contributed by atoms with van der Waals surface area (Å²) in [6.07, 6.45) is 0.605. The number of anilines is 1. The summed E-state index contributed by atoms with van der Waals surface area (Å²) in [4.78, 5) is 2.37. The average Bonchev–Trinajstić information content (AvgIpc) is 2.28. The lowest BCUT2D eigenvalue weighted by atomic mass is 10.1. The van der Waals surface area contributed by atoms with Crippen LogP contribution in [0.5, 0.6) is 0 Å². The highest BCUT2D eigenvalue weighted by Crippen LogP contribution is 2.21. The first-order valence-corrected chi connectivity index (χ1v) is 6.28. The molecule has 0 bridgehead atoms. The van der Waals surface area contributed by atoms with Crippen LogP contribution >= 0.6 is 11.6 Å². The first-order valence-electron chi connectivity index (χ1n) is 5.74. The fourth-order valence-electron chi connectivity index (χ4n) is 2.18. The Morgan fingerprint density at radius 2 is 1.75 bits per heavy atom. The maximum absolute atomic E-state index is 5.78. The van der Waals surface area contributed by atoms with E-state index in [9.17, 15) is 0 Å². The summed E-state index contributed by atoms with van der Waals surface area (Å²) in [6.45, 7) is 6.17. The Balaban J connectivity index is 2.10. The van der Waals surface area contributed by atoms with Gasteiger partial charge in [0.2, 0.25) is 0 Å². The predicted molar refractivity (Wildman–Crippen MR) is 68.2 cm³/mol. The lowest BCUT2D eigenvalue weighted by Crippen LogP contribution is -2.45. The first-order chi connectivity index (χ1) is 7.69. The zero-order valence-electron chi connectivity index (χ0n) is 9.82. The van der Waals surface area contributed by atoms with Crippen molar-refractivity contribution in [2.75, 3.05) is 18.0 Å². The Labute approximate surface area is 102 Å². The lowest BCUT2D eigenvalue weighted by molar-refractivity contribution is -0.00521. The van der Waals surface area contributed by atoms with Crippen molar-refractivity contribution in [2.45, 2.75) is 31.9 Å². The second kappa shape index (κ2) is 5.07. The van der Waals surface area contributed by atoms with Crippen molar-refractivity contribution >= 4 is 17.3 Å². The smallest absolute Gasteiger partial charge is 0.0726 e. The van der Waals surface area contributed by atoms with E-state index in [1.165, 1.54) is 11.3 Å². The Bertz CT molecular complexity index is 328. The standard InChI is InChI=1S/C13H18ClNO/c1-10-8-15(9-11(2)16-10)13-5-3-12(7-14)4-6-13/h3-6,10-11H,7-9H2,1-2H3/t10-,11+. The highest BCUT2D eigenvalue weighted by atomic mass is 35.5. The molecule has 2 nitrogen and oxygen atoms in total. The van der Waals surface area contributed by atoms with Crippen molar-refractivity contribution in [1.82, 2.24) is 0 Å². The van der Waals surface area contributed by atoms with E-state index in [-0.39, 0.29) is 0 Å². The van der Waals surface area contributed by atoms with Crippen LogP contribution in [0.25, 0.3) is 0 Å². The Morgan fingerprint density at radius 1 is 1.19 bits per heavy atom. The topological polar surface area (TPSA) is 12.5 Å². The fourth-order valence-corrected chi connectivity index (χ4v) is 2.36. The number of rotatable bonds is 2. The summed E-state index contributed by atoms with van der Waals surface area (Å²) >= 11 is 5.78. The SMILES string of the molecule is C[C@@H]1CN(c2ccc(CCl)cc2)C[C@H](C)O1. The van der Waals surface area contributed by atoms with Crippen LogP contribution in [0.3, 0.4) is 0 Å². The summed E-state index contributed by atoms with van der Waals surface area (Å²) < 4.78 is 5.72. The predicted octanol–water partition coefficient (Wildman–Crippen LogP) is 3.04. The molecule has 0 saturated carbocycles. The van der Waals surface area contributed by atoms with Gasteiger partial charge in [-0.05, 0) is 31.5 Å². The van der Waals surface area contributed by atoms with E-state index in [4.69, 9.17) is 16.3 Å². The molecule has 0 N–H and O–H groups in total. The summed E-state index contributed by atoms with van der Waals surface area (Å²) in [7, 11) is 0. The third-order valence-corrected chi connectivity index (χ3v) is 3.18. The number of benzene rings is 1. The van der Waals surface area contributed by atoms with Crippen molar-refractivity contribution < 1.29 is 4.74 Å². The van der Waals surface area contributed by atoms with Crippen LogP contribution in [0.4, 0.5) is 5.69 Å². The van der Waals surface area contributed by atoms with E-state index in [0.29, 0.717) is 18.1 Å². The first kappa shape index (κ1) is 11.7. The van der Waals surface area contributed by atoms with Crippen LogP contribution < -0.4 is 4.90 Å². The summed E-state index contributed by atoms with van der Waals surface area (Å²) in [5.41, 5.74) is 2.43. The van der Waals surface area contributed by atoms with E-state index in [2.05, 4.69) is 43.0 Å². The van der Waals surface area contributed by atoms with Crippen LogP contribution in [-0.2, 0) is 10.6 Å². The molecular formula is C13H18ClNO. The van der Waals surface area contributed by atoms with Gasteiger partial charge in [-0.25, -0.2) is 0 Å². The van der Waals surface area contributed by atoms with Gasteiger partial charge in [0.1, 0.15) is 0 Å². The zero-order valence-corrected chi connectivity index (χ0v) is 10.6. The Hall–Kier alpha value is -0.730. The minimum absolute atomic E-state index is 0.302. The molecule has 1 heterocycles. The molecule has 1 fully saturated rings. The van der Waals surface area contributed by atoms with Crippen LogP contribution in [0.2, 0.25) is 0 Å². The molecule has 16 heavy (non-hydrogen) atoms. The van der Waals surface area contributed by atoms with Crippen LogP contribution in [0, 0.1) is 0 Å². The van der Waals surface area contributed by atoms with Crippen molar-refractivity contribution in [3.8, 4) is 0 Å². The maximum atomic E-state index is 5.78. The number of morpholine rings is 1. The zero-order chi connectivity index (χ0) is 11.5. The maximum Gasteiger partial charge on any atom is 0.0726 e. The lowest BCUT2D eigenvalue weighted by Gasteiger charge is -2.36. The molecule has 88 valence electrons. The molecule has 3 heteroatoms. The summed E-state index contributed by atoms with van der Waals surface area (Å²) in [6, 6.07) is 8.46. The van der Waals surface area contributed by atoms with Crippen molar-refractivity contribution in [3.05, 3.63) is 29.8 Å². The van der Waals surface area contributed by atoms with E-state index >= 15 is 0 Å². The highest BCUT2D eigenvalue weighted by Gasteiger charge is 2.22. The summed E-state index contributed by atoms with van der Waals surface area (Å²) in [5, 5.41) is 0. The molecule has 1 saturated heterocycles. The van der Waals surface area contributed by atoms with Gasteiger partial charge in [-0.1, -0.05) is 12.1 Å². The van der Waals surface area contributed by atoms with Crippen LogP contribution in [-0.4, -0.2) is 25.3 Å². The number of ether oxygens (including phenoxy) is 1. The molecule has 0 aliphatic carbocycles. The van der Waals surface area contributed by atoms with Crippen LogP contribution in [0.1, 0.15) is 19.4 Å². The highest BCUT2D eigenvalue weighted by molar-refractivity contribution is 6.17. The van der Waals surface area contributed by atoms with E-state index in [0.717, 1.165) is 13.1 Å². The molecule has 1 aromatic rings. The van der Waals surface area contributed by atoms with Crippen LogP contribution in [0.15, 0.2) is 24.3 Å². The third-order valence-electron chi connectivity index (χ3n) is 2.88. The van der Waals surface area contributed by atoms with E-state index in [1.807, 2.05) is 0 Å². The second-order valence-electron chi connectivity index (χ2n) is 4.46. The van der Waals surface area contributed by atoms with Gasteiger partial charge in [-0.3, -0.25) is 0 Å². The molecular weight excluding hydrogens is 222 g/mol. The van der Waals surface area contributed by atoms with Gasteiger partial charge in [-0.2, -0.15) is 0 Å². The monoisotopic (exact) mass is 239 g/mol. The molecule has 1 aromatic carbocycles. The summed E-state index contributed by atoms with van der Waals surface area (Å²) in [5.74, 6) is 0.580. The number of alkyl halides is 1. The molecule has 2 rings (SSSR count). The fraction of sp³-hybridized carbons (Fsp3) is 0.538. The quantitative estimate of drug-likeness (QED) is 0.736. The molecule has 0 spiro atoms. The normalized spacial score (nSPS) is 25.8. The second-order valence-corrected chi connectivity index (χ2v) is 4.73. The van der Waals surface area contributed by atoms with Gasteiger partial charge in [0.15, 0.2) is 0 Å². The average molecular weight is 240 g/mol. The minimum Gasteiger partial charge on any atom is -0.372 e. The van der Waals surface area contributed by atoms with Gasteiger partial charge >= 0.3 is 0 Å². The molecule has 1 aliphatic rings. The van der Waals surface area contributed by atoms with Gasteiger partial charge in [0.25, 0.3) is 0 Å². The minimum atomic E-state index is 0.302. The van der Waals surface area contributed by atoms with Gasteiger partial charge < -0.3 is 9.64 Å². The van der Waals surface area contributed by atoms with Gasteiger partial charge in [-0.15, -0.1) is 11.6 Å².